The van der Waals surface area contributed by atoms with Gasteiger partial charge in [-0.2, -0.15) is 13.2 Å². The molecule has 0 aliphatic carbocycles. The van der Waals surface area contributed by atoms with Gasteiger partial charge in [0.05, 0.1) is 18.8 Å². The number of H-pyrrole nitrogens is 1. The quantitative estimate of drug-likeness (QED) is 0.609. The zero-order chi connectivity index (χ0) is 21.3. The lowest BCUT2D eigenvalue weighted by molar-refractivity contribution is -0.137. The van der Waals surface area contributed by atoms with Gasteiger partial charge in [-0.1, -0.05) is 29.8 Å². The van der Waals surface area contributed by atoms with Crippen LogP contribution in [0.5, 0.6) is 0 Å². The highest BCUT2D eigenvalue weighted by Gasteiger charge is 2.32. The summed E-state index contributed by atoms with van der Waals surface area (Å²) in [5, 5.41) is 1.31. The number of ether oxygens (including phenoxy) is 1. The van der Waals surface area contributed by atoms with Crippen LogP contribution >= 0.6 is 11.6 Å². The molecule has 0 spiro atoms. The number of hydrogen-bond donors (Lipinski definition) is 1. The molecule has 2 aromatic carbocycles. The molecule has 30 heavy (non-hydrogen) atoms. The van der Waals surface area contributed by atoms with Gasteiger partial charge in [0.1, 0.15) is 0 Å². The number of amides is 1. The summed E-state index contributed by atoms with van der Waals surface area (Å²) in [6.45, 7) is 1.88. The Kier molecular flexibility index (Phi) is 5.75. The average Bonchev–Trinajstić information content (AvgIpc) is 3.14. The minimum Gasteiger partial charge on any atom is -0.378 e. The SMILES string of the molecule is O=C(C[C@H](c1cccc(C(F)(F)F)c1)c1c[nH]c2ccc(Cl)cc12)N1CCOCC1. The van der Waals surface area contributed by atoms with Crippen molar-refractivity contribution < 1.29 is 22.7 Å². The molecule has 1 aliphatic rings. The van der Waals surface area contributed by atoms with Crippen LogP contribution in [0.15, 0.2) is 48.7 Å². The van der Waals surface area contributed by atoms with Crippen molar-refractivity contribution in [3.8, 4) is 0 Å². The number of carbonyl (C=O) groups is 1. The minimum absolute atomic E-state index is 0.0563. The van der Waals surface area contributed by atoms with Gasteiger partial charge in [-0.3, -0.25) is 4.79 Å². The zero-order valence-electron chi connectivity index (χ0n) is 16.0. The van der Waals surface area contributed by atoms with Gasteiger partial charge in [0.15, 0.2) is 0 Å². The third-order valence-electron chi connectivity index (χ3n) is 5.41. The smallest absolute Gasteiger partial charge is 0.378 e. The minimum atomic E-state index is -4.46. The molecule has 1 N–H and O–H groups in total. The standard InChI is InChI=1S/C22H20ClF3N2O2/c23-16-4-5-20-18(11-16)19(13-27-20)17(12-21(29)28-6-8-30-9-7-28)14-2-1-3-15(10-14)22(24,25)26/h1-5,10-11,13,17,27H,6-9,12H2/t17-/m1/s1. The number of benzene rings is 2. The average molecular weight is 437 g/mol. The lowest BCUT2D eigenvalue weighted by atomic mass is 9.87. The highest BCUT2D eigenvalue weighted by molar-refractivity contribution is 6.31. The normalized spacial score (nSPS) is 16.1. The van der Waals surface area contributed by atoms with Crippen LogP contribution in [0.1, 0.15) is 29.0 Å². The predicted molar refractivity (Wildman–Crippen MR) is 109 cm³/mol. The molecule has 8 heteroatoms. The second-order valence-corrected chi connectivity index (χ2v) is 7.74. The van der Waals surface area contributed by atoms with E-state index in [0.29, 0.717) is 36.9 Å². The molecule has 1 fully saturated rings. The molecule has 158 valence electrons. The fourth-order valence-corrected chi connectivity index (χ4v) is 4.03. The van der Waals surface area contributed by atoms with E-state index in [2.05, 4.69) is 4.98 Å². The summed E-state index contributed by atoms with van der Waals surface area (Å²) in [4.78, 5) is 17.8. The summed E-state index contributed by atoms with van der Waals surface area (Å²) in [7, 11) is 0. The summed E-state index contributed by atoms with van der Waals surface area (Å²) in [5.41, 5.74) is 1.26. The van der Waals surface area contributed by atoms with E-state index in [1.807, 2.05) is 6.07 Å². The summed E-state index contributed by atoms with van der Waals surface area (Å²) >= 11 is 6.16. The van der Waals surface area contributed by atoms with Crippen molar-refractivity contribution in [2.24, 2.45) is 0 Å². The number of hydrogen-bond acceptors (Lipinski definition) is 2. The number of nitrogens with one attached hydrogen (secondary N) is 1. The number of halogens is 4. The molecule has 3 aromatic rings. The van der Waals surface area contributed by atoms with Crippen molar-refractivity contribution >= 4 is 28.4 Å². The third kappa shape index (κ3) is 4.32. The van der Waals surface area contributed by atoms with Crippen molar-refractivity contribution in [1.29, 1.82) is 0 Å². The van der Waals surface area contributed by atoms with E-state index in [1.54, 1.807) is 29.3 Å². The number of rotatable bonds is 4. The summed E-state index contributed by atoms with van der Waals surface area (Å²) in [6, 6.07) is 10.5. The van der Waals surface area contributed by atoms with Crippen LogP contribution in [0, 0.1) is 0 Å². The maximum atomic E-state index is 13.3. The molecule has 0 bridgehead atoms. The Morgan fingerprint density at radius 3 is 2.67 bits per heavy atom. The first-order chi connectivity index (χ1) is 14.3. The maximum Gasteiger partial charge on any atom is 0.416 e. The second-order valence-electron chi connectivity index (χ2n) is 7.31. The highest BCUT2D eigenvalue weighted by Crippen LogP contribution is 2.37. The molecule has 1 amide bonds. The van der Waals surface area contributed by atoms with Crippen LogP contribution in [0.3, 0.4) is 0 Å². The number of alkyl halides is 3. The number of nitrogens with zero attached hydrogens (tertiary/aromatic N) is 1. The molecule has 1 atom stereocenters. The van der Waals surface area contributed by atoms with Crippen LogP contribution in [-0.4, -0.2) is 42.1 Å². The predicted octanol–water partition coefficient (Wildman–Crippen LogP) is 5.22. The van der Waals surface area contributed by atoms with Crippen LogP contribution in [-0.2, 0) is 15.7 Å². The summed E-state index contributed by atoms with van der Waals surface area (Å²) < 4.78 is 45.3. The second kappa shape index (κ2) is 8.32. The van der Waals surface area contributed by atoms with E-state index in [4.69, 9.17) is 16.3 Å². The molecule has 4 rings (SSSR count). The number of carbonyl (C=O) groups excluding carboxylic acids is 1. The number of morpholine rings is 1. The maximum absolute atomic E-state index is 13.3. The molecule has 0 unspecified atom stereocenters. The first-order valence-corrected chi connectivity index (χ1v) is 10.00. The first kappa shape index (κ1) is 20.8. The van der Waals surface area contributed by atoms with E-state index >= 15 is 0 Å². The van der Waals surface area contributed by atoms with Gasteiger partial charge < -0.3 is 14.6 Å². The number of fused-ring (bicyclic) bond motifs is 1. The Balaban J connectivity index is 1.76. The van der Waals surface area contributed by atoms with E-state index in [1.165, 1.54) is 6.07 Å². The van der Waals surface area contributed by atoms with Gasteiger partial charge in [-0.25, -0.2) is 0 Å². The van der Waals surface area contributed by atoms with Gasteiger partial charge >= 0.3 is 6.18 Å². The van der Waals surface area contributed by atoms with Gasteiger partial charge in [0.25, 0.3) is 0 Å². The molecular formula is C22H20ClF3N2O2. The Labute approximate surface area is 176 Å². The van der Waals surface area contributed by atoms with Crippen LogP contribution in [0.4, 0.5) is 13.2 Å². The Morgan fingerprint density at radius 1 is 1.17 bits per heavy atom. The molecular weight excluding hydrogens is 417 g/mol. The monoisotopic (exact) mass is 436 g/mol. The fourth-order valence-electron chi connectivity index (χ4n) is 3.86. The molecule has 1 saturated heterocycles. The Bertz CT molecular complexity index is 1060. The van der Waals surface area contributed by atoms with Crippen molar-refractivity contribution in [3.63, 3.8) is 0 Å². The lowest BCUT2D eigenvalue weighted by Gasteiger charge is -2.29. The van der Waals surface area contributed by atoms with E-state index in [0.717, 1.165) is 28.6 Å². The molecule has 0 radical (unpaired) electrons. The first-order valence-electron chi connectivity index (χ1n) is 9.62. The van der Waals surface area contributed by atoms with Crippen LogP contribution in [0.25, 0.3) is 10.9 Å². The van der Waals surface area contributed by atoms with Gasteiger partial charge in [0.2, 0.25) is 5.91 Å². The van der Waals surface area contributed by atoms with E-state index in [9.17, 15) is 18.0 Å². The Morgan fingerprint density at radius 2 is 1.93 bits per heavy atom. The van der Waals surface area contributed by atoms with E-state index in [-0.39, 0.29) is 12.3 Å². The molecule has 4 nitrogen and oxygen atoms in total. The van der Waals surface area contributed by atoms with Crippen molar-refractivity contribution in [3.05, 3.63) is 70.4 Å². The fraction of sp³-hybridized carbons (Fsp3) is 0.318. The van der Waals surface area contributed by atoms with Crippen molar-refractivity contribution in [1.82, 2.24) is 9.88 Å². The molecule has 2 heterocycles. The molecule has 1 aliphatic heterocycles. The van der Waals surface area contributed by atoms with Gasteiger partial charge in [0, 0.05) is 47.6 Å². The van der Waals surface area contributed by atoms with Crippen LogP contribution in [0.2, 0.25) is 5.02 Å². The topological polar surface area (TPSA) is 45.3 Å². The number of aromatic nitrogens is 1. The summed E-state index contributed by atoms with van der Waals surface area (Å²) in [6.07, 6.45) is -2.66. The Hall–Kier alpha value is -2.51. The van der Waals surface area contributed by atoms with Gasteiger partial charge in [-0.15, -0.1) is 0 Å². The van der Waals surface area contributed by atoms with Gasteiger partial charge in [-0.05, 0) is 35.4 Å². The largest absolute Gasteiger partial charge is 0.416 e. The molecule has 1 aromatic heterocycles. The van der Waals surface area contributed by atoms with Crippen LogP contribution < -0.4 is 0 Å². The summed E-state index contributed by atoms with van der Waals surface area (Å²) in [5.74, 6) is -0.660. The zero-order valence-corrected chi connectivity index (χ0v) is 16.8. The number of aromatic amines is 1. The van der Waals surface area contributed by atoms with E-state index < -0.39 is 17.7 Å². The third-order valence-corrected chi connectivity index (χ3v) is 5.65. The highest BCUT2D eigenvalue weighted by atomic mass is 35.5. The lowest BCUT2D eigenvalue weighted by Crippen LogP contribution is -2.41. The van der Waals surface area contributed by atoms with Crippen molar-refractivity contribution in [2.45, 2.75) is 18.5 Å². The molecule has 0 saturated carbocycles. The van der Waals surface area contributed by atoms with Crippen molar-refractivity contribution in [2.75, 3.05) is 26.3 Å².